The number of hydrogen-bond donors (Lipinski definition) is 1. The molecule has 0 aromatic heterocycles. The van der Waals surface area contributed by atoms with Crippen LogP contribution in [0.2, 0.25) is 0 Å². The van der Waals surface area contributed by atoms with Crippen molar-refractivity contribution in [1.29, 1.82) is 0 Å². The van der Waals surface area contributed by atoms with Crippen LogP contribution in [0.15, 0.2) is 24.3 Å². The summed E-state index contributed by atoms with van der Waals surface area (Å²) in [5, 5.41) is 2.82. The molecule has 2 unspecified atom stereocenters. The summed E-state index contributed by atoms with van der Waals surface area (Å²) in [5.74, 6) is 3.49. The second-order valence-corrected chi connectivity index (χ2v) is 9.88. The van der Waals surface area contributed by atoms with E-state index in [1.807, 2.05) is 0 Å². The first-order valence-corrected chi connectivity index (χ1v) is 10.5. The predicted octanol–water partition coefficient (Wildman–Crippen LogP) is 4.77. The third kappa shape index (κ3) is 2.80. The SMILES string of the molecule is O=C(Nc1ccccc1F)C1CC2CCCC(C1)C21SCCS1. The van der Waals surface area contributed by atoms with Crippen molar-refractivity contribution in [3.05, 3.63) is 30.1 Å². The maximum Gasteiger partial charge on any atom is 0.227 e. The maximum absolute atomic E-state index is 13.8. The molecule has 1 heterocycles. The Balaban J connectivity index is 1.49. The van der Waals surface area contributed by atoms with Crippen molar-refractivity contribution < 1.29 is 9.18 Å². The van der Waals surface area contributed by atoms with E-state index in [0.29, 0.717) is 21.6 Å². The first kappa shape index (κ1) is 15.8. The quantitative estimate of drug-likeness (QED) is 0.832. The number of nitrogens with one attached hydrogen (secondary N) is 1. The molecule has 2 saturated carbocycles. The van der Waals surface area contributed by atoms with Gasteiger partial charge in [0.1, 0.15) is 5.82 Å². The average molecular weight is 352 g/mol. The van der Waals surface area contributed by atoms with Gasteiger partial charge in [-0.15, -0.1) is 23.5 Å². The number of anilines is 1. The lowest BCUT2D eigenvalue weighted by atomic mass is 9.67. The highest BCUT2D eigenvalue weighted by Crippen LogP contribution is 2.64. The summed E-state index contributed by atoms with van der Waals surface area (Å²) in [6.45, 7) is 0. The first-order valence-electron chi connectivity index (χ1n) is 8.52. The number of carbonyl (C=O) groups excluding carboxylic acids is 1. The molecule has 3 fully saturated rings. The fourth-order valence-electron chi connectivity index (χ4n) is 4.62. The van der Waals surface area contributed by atoms with E-state index >= 15 is 0 Å². The summed E-state index contributed by atoms with van der Waals surface area (Å²) in [4.78, 5) is 12.7. The minimum Gasteiger partial charge on any atom is -0.323 e. The van der Waals surface area contributed by atoms with Gasteiger partial charge in [-0.3, -0.25) is 4.79 Å². The van der Waals surface area contributed by atoms with Gasteiger partial charge in [-0.25, -0.2) is 4.39 Å². The van der Waals surface area contributed by atoms with Gasteiger partial charge >= 0.3 is 0 Å². The van der Waals surface area contributed by atoms with Crippen molar-refractivity contribution >= 4 is 35.1 Å². The molecule has 0 radical (unpaired) electrons. The molecule has 1 saturated heterocycles. The van der Waals surface area contributed by atoms with Crippen LogP contribution in [-0.4, -0.2) is 21.5 Å². The minimum atomic E-state index is -0.352. The second kappa shape index (κ2) is 6.32. The van der Waals surface area contributed by atoms with Gasteiger partial charge in [0, 0.05) is 17.4 Å². The third-order valence-corrected chi connectivity index (χ3v) is 9.64. The average Bonchev–Trinajstić information content (AvgIpc) is 2.99. The van der Waals surface area contributed by atoms with Gasteiger partial charge in [-0.2, -0.15) is 0 Å². The highest BCUT2D eigenvalue weighted by molar-refractivity contribution is 8.21. The Bertz CT molecular complexity index is 586. The lowest BCUT2D eigenvalue weighted by Gasteiger charge is -2.52. The number of hydrogen-bond acceptors (Lipinski definition) is 3. The van der Waals surface area contributed by atoms with Crippen LogP contribution < -0.4 is 5.32 Å². The standard InChI is InChI=1S/C18H22FNOS2/c19-15-6-1-2-7-16(15)20-17(21)12-10-13-4-3-5-14(11-12)18(13)22-8-9-23-18/h1-2,6-7,12-14H,3-5,8-11H2,(H,20,21). The number of halogens is 1. The van der Waals surface area contributed by atoms with E-state index in [1.165, 1.54) is 36.8 Å². The fourth-order valence-corrected chi connectivity index (χ4v) is 8.56. The van der Waals surface area contributed by atoms with Crippen molar-refractivity contribution in [3.63, 3.8) is 0 Å². The molecule has 5 heteroatoms. The zero-order chi connectivity index (χ0) is 15.9. The van der Waals surface area contributed by atoms with Crippen molar-refractivity contribution in [2.24, 2.45) is 17.8 Å². The number of thioether (sulfide) groups is 2. The third-order valence-electron chi connectivity index (χ3n) is 5.62. The number of amides is 1. The van der Waals surface area contributed by atoms with Crippen LogP contribution >= 0.6 is 23.5 Å². The van der Waals surface area contributed by atoms with Crippen LogP contribution in [0.1, 0.15) is 32.1 Å². The van der Waals surface area contributed by atoms with Crippen LogP contribution in [0.25, 0.3) is 0 Å². The van der Waals surface area contributed by atoms with Gasteiger partial charge in [-0.05, 0) is 49.7 Å². The zero-order valence-electron chi connectivity index (χ0n) is 13.1. The van der Waals surface area contributed by atoms with Crippen LogP contribution in [0.5, 0.6) is 0 Å². The molecule has 1 aromatic carbocycles. The van der Waals surface area contributed by atoms with Crippen LogP contribution in [0, 0.1) is 23.6 Å². The predicted molar refractivity (Wildman–Crippen MR) is 96.2 cm³/mol. The summed E-state index contributed by atoms with van der Waals surface area (Å²) >= 11 is 4.30. The van der Waals surface area contributed by atoms with Crippen LogP contribution in [-0.2, 0) is 4.79 Å². The highest BCUT2D eigenvalue weighted by Gasteiger charge is 2.55. The molecular formula is C18H22FNOS2. The first-order chi connectivity index (χ1) is 11.2. The molecule has 1 spiro atoms. The number of rotatable bonds is 2. The van der Waals surface area contributed by atoms with E-state index in [1.54, 1.807) is 18.2 Å². The molecular weight excluding hydrogens is 329 g/mol. The van der Waals surface area contributed by atoms with E-state index in [9.17, 15) is 9.18 Å². The smallest absolute Gasteiger partial charge is 0.227 e. The molecule has 124 valence electrons. The van der Waals surface area contributed by atoms with Crippen molar-refractivity contribution in [2.45, 2.75) is 36.2 Å². The van der Waals surface area contributed by atoms with Gasteiger partial charge in [0.25, 0.3) is 0 Å². The second-order valence-electron chi connectivity index (χ2n) is 6.88. The lowest BCUT2D eigenvalue weighted by Crippen LogP contribution is -2.48. The highest BCUT2D eigenvalue weighted by atomic mass is 32.2. The number of benzene rings is 1. The zero-order valence-corrected chi connectivity index (χ0v) is 14.7. The van der Waals surface area contributed by atoms with Gasteiger partial charge in [0.15, 0.2) is 0 Å². The Morgan fingerprint density at radius 1 is 1.13 bits per heavy atom. The number of para-hydroxylation sites is 1. The van der Waals surface area contributed by atoms with Gasteiger partial charge < -0.3 is 5.32 Å². The van der Waals surface area contributed by atoms with Crippen molar-refractivity contribution in [3.8, 4) is 0 Å². The topological polar surface area (TPSA) is 29.1 Å². The van der Waals surface area contributed by atoms with E-state index in [0.717, 1.165) is 12.8 Å². The molecule has 2 bridgehead atoms. The Morgan fingerprint density at radius 3 is 2.43 bits per heavy atom. The molecule has 1 N–H and O–H groups in total. The van der Waals surface area contributed by atoms with Gasteiger partial charge in [-0.1, -0.05) is 18.6 Å². The summed E-state index contributed by atoms with van der Waals surface area (Å²) in [6.07, 6.45) is 5.74. The molecule has 2 aliphatic carbocycles. The minimum absolute atomic E-state index is 0.00912. The van der Waals surface area contributed by atoms with Crippen LogP contribution in [0.3, 0.4) is 0 Å². The fraction of sp³-hybridized carbons (Fsp3) is 0.611. The largest absolute Gasteiger partial charge is 0.323 e. The molecule has 1 aromatic rings. The molecule has 1 amide bonds. The van der Waals surface area contributed by atoms with E-state index in [-0.39, 0.29) is 17.6 Å². The Kier molecular flexibility index (Phi) is 4.35. The molecule has 2 nitrogen and oxygen atoms in total. The van der Waals surface area contributed by atoms with Gasteiger partial charge in [0.2, 0.25) is 5.91 Å². The maximum atomic E-state index is 13.8. The van der Waals surface area contributed by atoms with E-state index < -0.39 is 0 Å². The number of carbonyl (C=O) groups is 1. The molecule has 1 aliphatic heterocycles. The lowest BCUT2D eigenvalue weighted by molar-refractivity contribution is -0.122. The summed E-state index contributed by atoms with van der Waals surface area (Å²) in [5.41, 5.74) is 0.313. The Morgan fingerprint density at radius 2 is 1.78 bits per heavy atom. The molecule has 3 aliphatic rings. The van der Waals surface area contributed by atoms with E-state index in [2.05, 4.69) is 28.8 Å². The summed E-state index contributed by atoms with van der Waals surface area (Å²) < 4.78 is 14.1. The molecule has 4 rings (SSSR count). The Labute approximate surface area is 145 Å². The molecule has 23 heavy (non-hydrogen) atoms. The van der Waals surface area contributed by atoms with Gasteiger partial charge in [0.05, 0.1) is 9.77 Å². The van der Waals surface area contributed by atoms with E-state index in [4.69, 9.17) is 0 Å². The monoisotopic (exact) mass is 351 g/mol. The summed E-state index contributed by atoms with van der Waals surface area (Å²) in [6, 6.07) is 6.44. The van der Waals surface area contributed by atoms with Crippen LogP contribution in [0.4, 0.5) is 10.1 Å². The normalized spacial score (nSPS) is 32.0. The molecule has 2 atom stereocenters. The van der Waals surface area contributed by atoms with Crippen molar-refractivity contribution in [2.75, 3.05) is 16.8 Å². The van der Waals surface area contributed by atoms with Crippen molar-refractivity contribution in [1.82, 2.24) is 0 Å². The Hall–Kier alpha value is -0.680. The summed E-state index contributed by atoms with van der Waals surface area (Å²) in [7, 11) is 0.